The molecule has 0 unspecified atom stereocenters. The van der Waals surface area contributed by atoms with Gasteiger partial charge in [0.25, 0.3) is 0 Å². The van der Waals surface area contributed by atoms with Crippen LogP contribution in [0, 0.1) is 0 Å². The summed E-state index contributed by atoms with van der Waals surface area (Å²) >= 11 is -0.123. The molecule has 0 aliphatic carbocycles. The number of nitrogens with two attached hydrogens (primary N) is 1. The van der Waals surface area contributed by atoms with E-state index in [0.29, 0.717) is 0 Å². The summed E-state index contributed by atoms with van der Waals surface area (Å²) in [4.78, 5) is 10.6. The molecule has 3 N–H and O–H groups in total. The monoisotopic (exact) mass is 151 g/mol. The number of nitrogen functional groups attached to an aromatic ring is 1. The number of aromatic nitrogens is 2. The van der Waals surface area contributed by atoms with Gasteiger partial charge < -0.3 is 0 Å². The Morgan fingerprint density at radius 2 is 2.50 bits per heavy atom. The summed E-state index contributed by atoms with van der Waals surface area (Å²) in [5.74, 6) is 0. The van der Waals surface area contributed by atoms with Crippen LogP contribution in [-0.4, -0.2) is 30.4 Å². The first-order valence-corrected chi connectivity index (χ1v) is 4.11. The normalized spacial score (nSPS) is 8.80. The number of hydrogen-bond donors (Lipinski definition) is 2. The third-order valence-electron chi connectivity index (χ3n) is 1.06. The molecule has 0 radical (unpaired) electrons. The molecular formula is C5H6AlN3O. The zero-order valence-electron chi connectivity index (χ0n) is 5.29. The first-order valence-electron chi connectivity index (χ1n) is 2.71. The van der Waals surface area contributed by atoms with Crippen molar-refractivity contribution in [1.82, 2.24) is 10.2 Å². The van der Waals surface area contributed by atoms with Gasteiger partial charge in [-0.3, -0.25) is 0 Å². The third kappa shape index (κ3) is 1.32. The molecule has 1 rings (SSSR count). The van der Waals surface area contributed by atoms with Gasteiger partial charge in [0.15, 0.2) is 0 Å². The van der Waals surface area contributed by atoms with E-state index in [0.717, 1.165) is 4.56 Å². The Morgan fingerprint density at radius 3 is 3.00 bits per heavy atom. The molecule has 10 heavy (non-hydrogen) atoms. The SMILES string of the molecule is [CH2]=[Al][c]1cc(N)c(=O)[nH]n1. The summed E-state index contributed by atoms with van der Waals surface area (Å²) in [6.07, 6.45) is 0. The van der Waals surface area contributed by atoms with Crippen molar-refractivity contribution in [3.8, 4) is 0 Å². The van der Waals surface area contributed by atoms with Crippen LogP contribution in [0.25, 0.3) is 0 Å². The summed E-state index contributed by atoms with van der Waals surface area (Å²) in [5, 5.41) is 9.65. The van der Waals surface area contributed by atoms with Crippen LogP contribution >= 0.6 is 0 Å². The molecule has 5 heteroatoms. The molecule has 1 heterocycles. The van der Waals surface area contributed by atoms with Gasteiger partial charge in [0.2, 0.25) is 0 Å². The number of anilines is 1. The maximum atomic E-state index is 10.6. The topological polar surface area (TPSA) is 71.8 Å². The summed E-state index contributed by atoms with van der Waals surface area (Å²) in [7, 11) is 0. The number of nitrogens with one attached hydrogen (secondary N) is 1. The molecule has 0 aliphatic heterocycles. The zero-order chi connectivity index (χ0) is 7.56. The third-order valence-corrected chi connectivity index (χ3v) is 1.78. The van der Waals surface area contributed by atoms with Crippen LogP contribution in [0.1, 0.15) is 0 Å². The zero-order valence-corrected chi connectivity index (χ0v) is 6.45. The van der Waals surface area contributed by atoms with Gasteiger partial charge in [0, 0.05) is 0 Å². The summed E-state index contributed by atoms with van der Waals surface area (Å²) in [6, 6.07) is 1.56. The molecule has 0 spiro atoms. The van der Waals surface area contributed by atoms with E-state index in [4.69, 9.17) is 5.73 Å². The molecule has 1 aromatic rings. The molecule has 50 valence electrons. The Morgan fingerprint density at radius 1 is 1.80 bits per heavy atom. The molecule has 0 bridgehead atoms. The van der Waals surface area contributed by atoms with Crippen LogP contribution < -0.4 is 15.8 Å². The molecule has 0 saturated heterocycles. The standard InChI is InChI=1S/C4H4N3O.CH2.Al/c5-3-1-2-6-7-4(3)8;;/h1H,(H2,5,6)(H,7,8);1H2;. The summed E-state index contributed by atoms with van der Waals surface area (Å²) in [6.45, 7) is 0. The van der Waals surface area contributed by atoms with Crippen LogP contribution in [0.2, 0.25) is 0 Å². The van der Waals surface area contributed by atoms with E-state index in [2.05, 4.69) is 15.6 Å². The predicted molar refractivity (Wildman–Crippen MR) is 41.8 cm³/mol. The molecule has 0 fully saturated rings. The quantitative estimate of drug-likeness (QED) is 0.461. The van der Waals surface area contributed by atoms with Crippen molar-refractivity contribution in [2.45, 2.75) is 0 Å². The van der Waals surface area contributed by atoms with Crippen LogP contribution in [0.3, 0.4) is 0 Å². The maximum absolute atomic E-state index is 10.6. The average molecular weight is 151 g/mol. The van der Waals surface area contributed by atoms with Crippen molar-refractivity contribution >= 4 is 30.4 Å². The Balaban J connectivity index is 3.29. The minimum absolute atomic E-state index is 0.123. The van der Waals surface area contributed by atoms with Crippen LogP contribution in [0.4, 0.5) is 5.69 Å². The van der Waals surface area contributed by atoms with Crippen molar-refractivity contribution in [3.05, 3.63) is 16.4 Å². The van der Waals surface area contributed by atoms with Crippen molar-refractivity contribution < 1.29 is 0 Å². The fourth-order valence-corrected chi connectivity index (χ4v) is 0.995. The van der Waals surface area contributed by atoms with Crippen molar-refractivity contribution in [2.24, 2.45) is 0 Å². The Hall–Kier alpha value is -0.918. The molecule has 0 aromatic carbocycles. The first-order chi connectivity index (χ1) is 4.74. The van der Waals surface area contributed by atoms with Crippen molar-refractivity contribution in [3.63, 3.8) is 0 Å². The number of nitrogens with zero attached hydrogens (tertiary/aromatic N) is 1. The van der Waals surface area contributed by atoms with E-state index < -0.39 is 0 Å². The molecule has 0 atom stereocenters. The van der Waals surface area contributed by atoms with Gasteiger partial charge in [-0.05, 0) is 0 Å². The second-order valence-corrected chi connectivity index (χ2v) is 2.78. The van der Waals surface area contributed by atoms with Crippen LogP contribution in [0.5, 0.6) is 0 Å². The van der Waals surface area contributed by atoms with Gasteiger partial charge in [-0.15, -0.1) is 0 Å². The van der Waals surface area contributed by atoms with Gasteiger partial charge in [-0.2, -0.15) is 0 Å². The molecule has 0 aliphatic rings. The fraction of sp³-hybridized carbons (Fsp3) is 0. The van der Waals surface area contributed by atoms with Gasteiger partial charge >= 0.3 is 62.8 Å². The molecule has 0 saturated carbocycles. The number of H-pyrrole nitrogens is 1. The molecule has 1 aromatic heterocycles. The van der Waals surface area contributed by atoms with E-state index in [1.54, 1.807) is 6.07 Å². The number of rotatable bonds is 1. The predicted octanol–water partition coefficient (Wildman–Crippen LogP) is -1.89. The Labute approximate surface area is 63.3 Å². The van der Waals surface area contributed by atoms with E-state index in [9.17, 15) is 4.79 Å². The minimum atomic E-state index is -0.336. The number of aromatic amines is 1. The first kappa shape index (κ1) is 7.19. The number of hydrogen-bond acceptors (Lipinski definition) is 3. The fourth-order valence-electron chi connectivity index (χ4n) is 0.542. The molecule has 4 nitrogen and oxygen atoms in total. The second-order valence-electron chi connectivity index (χ2n) is 1.78. The summed E-state index contributed by atoms with van der Waals surface area (Å²) < 4.78 is 0.775. The second kappa shape index (κ2) is 2.78. The Kier molecular flexibility index (Phi) is 2.00. The van der Waals surface area contributed by atoms with E-state index >= 15 is 0 Å². The average Bonchev–Trinajstić information content (AvgIpc) is 1.95. The molecule has 0 amide bonds. The van der Waals surface area contributed by atoms with Crippen LogP contribution in [-0.2, 0) is 0 Å². The van der Waals surface area contributed by atoms with E-state index in [1.165, 1.54) is 0 Å². The van der Waals surface area contributed by atoms with Gasteiger partial charge in [-0.25, -0.2) is 0 Å². The Bertz CT molecular complexity index is 306. The van der Waals surface area contributed by atoms with Gasteiger partial charge in [0.05, 0.1) is 0 Å². The van der Waals surface area contributed by atoms with Gasteiger partial charge in [0.1, 0.15) is 0 Å². The summed E-state index contributed by atoms with van der Waals surface area (Å²) in [5.41, 5.74) is 5.17. The van der Waals surface area contributed by atoms with E-state index in [-0.39, 0.29) is 26.0 Å². The van der Waals surface area contributed by atoms with Crippen molar-refractivity contribution in [1.29, 1.82) is 0 Å². The molecular weight excluding hydrogens is 145 g/mol. The van der Waals surface area contributed by atoms with Crippen LogP contribution in [0.15, 0.2) is 10.9 Å². The van der Waals surface area contributed by atoms with E-state index in [1.807, 2.05) is 0 Å². The van der Waals surface area contributed by atoms with Gasteiger partial charge in [-0.1, -0.05) is 0 Å². The van der Waals surface area contributed by atoms with Crippen molar-refractivity contribution in [2.75, 3.05) is 5.73 Å².